The molecule has 0 atom stereocenters. The first kappa shape index (κ1) is 6.46. The lowest BCUT2D eigenvalue weighted by atomic mass is 10.2. The van der Waals surface area contributed by atoms with Crippen LogP contribution in [-0.2, 0) is 11.2 Å². The highest BCUT2D eigenvalue weighted by Gasteiger charge is 2.01. The van der Waals surface area contributed by atoms with Gasteiger partial charge in [0.15, 0.2) is 0 Å². The monoisotopic (exact) mass is 155 g/mol. The van der Waals surface area contributed by atoms with Crippen molar-refractivity contribution in [2.75, 3.05) is 0 Å². The summed E-state index contributed by atoms with van der Waals surface area (Å²) in [4.78, 5) is 10.2. The summed E-state index contributed by atoms with van der Waals surface area (Å²) in [5.74, 6) is 0.235. The second kappa shape index (κ2) is 3.23. The van der Waals surface area contributed by atoms with Crippen LogP contribution in [0, 0.1) is 6.92 Å². The topological polar surface area (TPSA) is 50.4 Å². The number of furan rings is 1. The van der Waals surface area contributed by atoms with Gasteiger partial charge in [0, 0.05) is 6.42 Å². The van der Waals surface area contributed by atoms with Crippen LogP contribution < -0.4 is 0 Å². The minimum absolute atomic E-state index is 0.0127. The molecule has 0 aliphatic carbocycles. The number of hydrogen-bond acceptors (Lipinski definition) is 2. The van der Waals surface area contributed by atoms with Crippen LogP contribution in [-0.4, -0.2) is 11.1 Å². The molecule has 0 spiro atoms. The lowest BCUT2D eigenvalue weighted by molar-refractivity contribution is -0.137. The summed E-state index contributed by atoms with van der Waals surface area (Å²) in [6, 6.07) is 1.87. The van der Waals surface area contributed by atoms with Gasteiger partial charge in [-0.25, -0.2) is 0 Å². The van der Waals surface area contributed by atoms with Crippen molar-refractivity contribution in [2.24, 2.45) is 0 Å². The molecule has 11 heavy (non-hydrogen) atoms. The molecule has 0 aliphatic rings. The first-order chi connectivity index (χ1) is 5.59. The van der Waals surface area contributed by atoms with Crippen molar-refractivity contribution >= 4 is 5.97 Å². The first-order valence-corrected chi connectivity index (χ1v) is 3.37. The normalized spacial score (nSPS) is 11.2. The maximum absolute atomic E-state index is 10.2. The van der Waals surface area contributed by atoms with Crippen LogP contribution in [0.4, 0.5) is 0 Å². The van der Waals surface area contributed by atoms with Gasteiger partial charge in [0.05, 0.1) is 7.79 Å². The lowest BCUT2D eigenvalue weighted by Gasteiger charge is -1.90. The molecular weight excluding hydrogens is 144 g/mol. The van der Waals surface area contributed by atoms with Gasteiger partial charge in [-0.2, -0.15) is 0 Å². The molecule has 0 unspecified atom stereocenters. The highest BCUT2D eigenvalue weighted by Crippen LogP contribution is 2.08. The number of rotatable bonds is 3. The number of aryl methyl sites for hydroxylation is 2. The highest BCUT2D eigenvalue weighted by molar-refractivity contribution is 5.66. The predicted octanol–water partition coefficient (Wildman–Crippen LogP) is 1.61. The van der Waals surface area contributed by atoms with Crippen LogP contribution in [0.25, 0.3) is 0 Å². The maximum Gasteiger partial charge on any atom is 0.303 e. The molecule has 0 saturated heterocycles. The summed E-state index contributed by atoms with van der Waals surface area (Å²) in [6.07, 6.45) is 0.306. The van der Waals surface area contributed by atoms with Gasteiger partial charge in [-0.1, -0.05) is 0 Å². The zero-order valence-corrected chi connectivity index (χ0v) is 6.26. The largest absolute Gasteiger partial charge is 0.481 e. The highest BCUT2D eigenvalue weighted by atomic mass is 16.4. The van der Waals surface area contributed by atoms with Gasteiger partial charge in [0.2, 0.25) is 0 Å². The molecule has 0 amide bonds. The van der Waals surface area contributed by atoms with Crippen LogP contribution in [0.2, 0.25) is 0 Å². The van der Waals surface area contributed by atoms with Crippen molar-refractivity contribution in [3.63, 3.8) is 0 Å². The molecule has 0 saturated carbocycles. The Kier molecular flexibility index (Phi) is 1.90. The van der Waals surface area contributed by atoms with E-state index in [4.69, 9.17) is 10.9 Å². The number of carboxylic acids is 1. The van der Waals surface area contributed by atoms with Crippen molar-refractivity contribution in [1.29, 1.82) is 0 Å². The molecule has 0 aromatic carbocycles. The molecule has 0 bridgehead atoms. The fourth-order valence-electron chi connectivity index (χ4n) is 0.779. The van der Waals surface area contributed by atoms with E-state index >= 15 is 0 Å². The smallest absolute Gasteiger partial charge is 0.303 e. The predicted molar refractivity (Wildman–Crippen MR) is 39.4 cm³/mol. The second-order valence-electron chi connectivity index (χ2n) is 2.32. The van der Waals surface area contributed by atoms with Crippen LogP contribution >= 0.6 is 0 Å². The summed E-state index contributed by atoms with van der Waals surface area (Å²) in [7, 11) is 0. The standard InChI is InChI=1S/C8H10O3/c1-6-2-3-7(11-6)4-5-8(9)10/h2-3H,4-5H2,1H3,(H,9,10)/i3D. The molecule has 0 fully saturated rings. The minimum Gasteiger partial charge on any atom is -0.481 e. The third-order valence-electron chi connectivity index (χ3n) is 1.29. The van der Waals surface area contributed by atoms with Gasteiger partial charge < -0.3 is 9.52 Å². The fraction of sp³-hybridized carbons (Fsp3) is 0.375. The van der Waals surface area contributed by atoms with Gasteiger partial charge in [0.1, 0.15) is 11.5 Å². The Morgan fingerprint density at radius 1 is 1.91 bits per heavy atom. The Balaban J connectivity index is 2.62. The van der Waals surface area contributed by atoms with Gasteiger partial charge >= 0.3 is 5.97 Å². The third kappa shape index (κ3) is 2.45. The Morgan fingerprint density at radius 2 is 2.64 bits per heavy atom. The van der Waals surface area contributed by atoms with Crippen molar-refractivity contribution in [1.82, 2.24) is 0 Å². The molecule has 1 N–H and O–H groups in total. The van der Waals surface area contributed by atoms with E-state index in [0.717, 1.165) is 0 Å². The number of hydrogen-bond donors (Lipinski definition) is 1. The SMILES string of the molecule is [2H]c1cc(C)oc1CCC(=O)O. The van der Waals surface area contributed by atoms with E-state index in [2.05, 4.69) is 0 Å². The summed E-state index contributed by atoms with van der Waals surface area (Å²) in [6.45, 7) is 1.74. The molecule has 1 aromatic heterocycles. The summed E-state index contributed by atoms with van der Waals surface area (Å²) in [5.41, 5.74) is 0. The van der Waals surface area contributed by atoms with Crippen molar-refractivity contribution < 1.29 is 15.7 Å². The molecule has 0 aliphatic heterocycles. The second-order valence-corrected chi connectivity index (χ2v) is 2.32. The van der Waals surface area contributed by atoms with Crippen LogP contribution in [0.3, 0.4) is 0 Å². The third-order valence-corrected chi connectivity index (χ3v) is 1.29. The van der Waals surface area contributed by atoms with E-state index in [1.165, 1.54) is 0 Å². The Bertz CT molecular complexity index is 290. The van der Waals surface area contributed by atoms with Crippen molar-refractivity contribution in [3.05, 3.63) is 23.6 Å². The first-order valence-electron chi connectivity index (χ1n) is 3.87. The summed E-state index contributed by atoms with van der Waals surface area (Å²) < 4.78 is 12.5. The van der Waals surface area contributed by atoms with E-state index in [9.17, 15) is 4.79 Å². The van der Waals surface area contributed by atoms with E-state index in [1.807, 2.05) is 0 Å². The molecule has 1 heterocycles. The molecule has 3 heteroatoms. The van der Waals surface area contributed by atoms with E-state index < -0.39 is 5.97 Å². The summed E-state index contributed by atoms with van der Waals surface area (Å²) >= 11 is 0. The van der Waals surface area contributed by atoms with E-state index in [1.54, 1.807) is 13.0 Å². The molecule has 3 nitrogen and oxygen atoms in total. The van der Waals surface area contributed by atoms with Crippen molar-refractivity contribution in [2.45, 2.75) is 19.8 Å². The number of carbonyl (C=O) groups is 1. The van der Waals surface area contributed by atoms with Crippen LogP contribution in [0.15, 0.2) is 16.5 Å². The maximum atomic E-state index is 10.2. The van der Waals surface area contributed by atoms with Crippen LogP contribution in [0.5, 0.6) is 0 Å². The van der Waals surface area contributed by atoms with E-state index in [0.29, 0.717) is 17.9 Å². The van der Waals surface area contributed by atoms with Gasteiger partial charge in [-0.15, -0.1) is 0 Å². The Labute approximate surface area is 66.0 Å². The zero-order valence-electron chi connectivity index (χ0n) is 7.26. The molecular formula is C8H10O3. The molecule has 1 rings (SSSR count). The zero-order chi connectivity index (χ0) is 9.14. The molecule has 0 radical (unpaired) electrons. The quantitative estimate of drug-likeness (QED) is 0.721. The van der Waals surface area contributed by atoms with Gasteiger partial charge in [-0.3, -0.25) is 4.79 Å². The minimum atomic E-state index is -0.872. The molecule has 1 aromatic rings. The van der Waals surface area contributed by atoms with Crippen molar-refractivity contribution in [3.8, 4) is 0 Å². The molecule has 60 valence electrons. The summed E-state index contributed by atoms with van der Waals surface area (Å²) in [5, 5.41) is 8.37. The Hall–Kier alpha value is -1.25. The van der Waals surface area contributed by atoms with Gasteiger partial charge in [0.25, 0.3) is 0 Å². The fourth-order valence-corrected chi connectivity index (χ4v) is 0.779. The average molecular weight is 155 g/mol. The Morgan fingerprint density at radius 3 is 3.09 bits per heavy atom. The van der Waals surface area contributed by atoms with E-state index in [-0.39, 0.29) is 12.5 Å². The number of carboxylic acid groups (broad SMARTS) is 1. The van der Waals surface area contributed by atoms with Crippen LogP contribution in [0.1, 0.15) is 19.3 Å². The average Bonchev–Trinajstić information content (AvgIpc) is 2.26. The number of aliphatic carboxylic acids is 1. The van der Waals surface area contributed by atoms with Gasteiger partial charge in [-0.05, 0) is 19.0 Å². The lowest BCUT2D eigenvalue weighted by Crippen LogP contribution is -1.95.